The number of carbonyl (C=O) groups is 1. The van der Waals surface area contributed by atoms with E-state index in [1.807, 2.05) is 38.1 Å². The lowest BCUT2D eigenvalue weighted by atomic mass is 10.1. The van der Waals surface area contributed by atoms with Crippen molar-refractivity contribution >= 4 is 22.5 Å². The summed E-state index contributed by atoms with van der Waals surface area (Å²) in [6.45, 7) is 5.48. The fraction of sp³-hybridized carbons (Fsp3) is 0.174. The number of halogens is 1. The zero-order chi connectivity index (χ0) is 21.4. The molecule has 1 amide bonds. The Morgan fingerprint density at radius 2 is 1.87 bits per heavy atom. The van der Waals surface area contributed by atoms with Crippen molar-refractivity contribution in [3.63, 3.8) is 0 Å². The van der Waals surface area contributed by atoms with E-state index in [0.717, 1.165) is 22.3 Å². The van der Waals surface area contributed by atoms with E-state index in [1.54, 1.807) is 36.9 Å². The van der Waals surface area contributed by atoms with E-state index >= 15 is 0 Å². The number of rotatable bonds is 4. The van der Waals surface area contributed by atoms with Crippen LogP contribution in [0.15, 0.2) is 48.5 Å². The number of methoxy groups -OCH3 is 1. The van der Waals surface area contributed by atoms with Crippen molar-refractivity contribution in [2.24, 2.45) is 0 Å². The first-order valence-corrected chi connectivity index (χ1v) is 9.45. The molecule has 1 N–H and O–H groups in total. The molecule has 152 valence electrons. The number of anilines is 1. The van der Waals surface area contributed by atoms with Crippen LogP contribution >= 0.6 is 0 Å². The molecule has 6 nitrogen and oxygen atoms in total. The molecule has 0 atom stereocenters. The maximum Gasteiger partial charge on any atom is 0.257 e. The predicted molar refractivity (Wildman–Crippen MR) is 114 cm³/mol. The molecule has 0 unspecified atom stereocenters. The molecule has 0 radical (unpaired) electrons. The lowest BCUT2D eigenvalue weighted by Crippen LogP contribution is -2.14. The Morgan fingerprint density at radius 3 is 2.53 bits per heavy atom. The van der Waals surface area contributed by atoms with Gasteiger partial charge >= 0.3 is 0 Å². The normalized spacial score (nSPS) is 11.0. The predicted octanol–water partition coefficient (Wildman–Crippen LogP) is 4.75. The van der Waals surface area contributed by atoms with Crippen molar-refractivity contribution in [1.29, 1.82) is 0 Å². The zero-order valence-corrected chi connectivity index (χ0v) is 17.2. The molecule has 2 aromatic carbocycles. The minimum Gasteiger partial charge on any atom is -0.497 e. The summed E-state index contributed by atoms with van der Waals surface area (Å²) >= 11 is 0. The molecule has 0 fully saturated rings. The van der Waals surface area contributed by atoms with Gasteiger partial charge in [0.2, 0.25) is 0 Å². The van der Waals surface area contributed by atoms with Crippen LogP contribution in [0.5, 0.6) is 5.75 Å². The molecule has 4 aromatic rings. The number of hydrogen-bond donors (Lipinski definition) is 1. The van der Waals surface area contributed by atoms with Gasteiger partial charge in [-0.3, -0.25) is 9.78 Å². The summed E-state index contributed by atoms with van der Waals surface area (Å²) in [7, 11) is 1.59. The molecule has 0 saturated carbocycles. The van der Waals surface area contributed by atoms with Crippen LogP contribution < -0.4 is 10.1 Å². The first-order valence-electron chi connectivity index (χ1n) is 9.45. The van der Waals surface area contributed by atoms with E-state index in [0.29, 0.717) is 28.4 Å². The lowest BCUT2D eigenvalue weighted by Gasteiger charge is -2.11. The van der Waals surface area contributed by atoms with Gasteiger partial charge in [-0.25, -0.2) is 9.07 Å². The van der Waals surface area contributed by atoms with Crippen LogP contribution in [0.3, 0.4) is 0 Å². The standard InChI is InChI=1S/C23H21FN4O2/c1-13-9-14(2)28(27-13)22-8-6-17(11-20(22)24)26-23(29)19-10-16-5-7-18(30-4)12-21(16)25-15(19)3/h5-12H,1-4H3,(H,26,29). The van der Waals surface area contributed by atoms with E-state index in [9.17, 15) is 9.18 Å². The number of hydrogen-bond acceptors (Lipinski definition) is 4. The molecular weight excluding hydrogens is 383 g/mol. The SMILES string of the molecule is COc1ccc2cc(C(=O)Nc3ccc(-n4nc(C)cc4C)c(F)c3)c(C)nc2c1. The number of benzene rings is 2. The fourth-order valence-corrected chi connectivity index (χ4v) is 3.43. The third-order valence-electron chi connectivity index (χ3n) is 4.90. The van der Waals surface area contributed by atoms with E-state index in [4.69, 9.17) is 4.74 Å². The van der Waals surface area contributed by atoms with Gasteiger partial charge in [0.1, 0.15) is 11.4 Å². The van der Waals surface area contributed by atoms with Gasteiger partial charge in [-0.2, -0.15) is 5.10 Å². The van der Waals surface area contributed by atoms with Crippen molar-refractivity contribution in [2.75, 3.05) is 12.4 Å². The molecule has 2 aromatic heterocycles. The van der Waals surface area contributed by atoms with Gasteiger partial charge in [0.05, 0.1) is 29.6 Å². The Balaban J connectivity index is 1.61. The highest BCUT2D eigenvalue weighted by atomic mass is 19.1. The van der Waals surface area contributed by atoms with Crippen LogP contribution in [-0.2, 0) is 0 Å². The topological polar surface area (TPSA) is 69.0 Å². The molecule has 0 aliphatic carbocycles. The first kappa shape index (κ1) is 19.6. The second-order valence-electron chi connectivity index (χ2n) is 7.14. The van der Waals surface area contributed by atoms with Gasteiger partial charge in [0.25, 0.3) is 5.91 Å². The number of pyridine rings is 1. The number of aryl methyl sites for hydroxylation is 3. The molecule has 0 saturated heterocycles. The highest BCUT2D eigenvalue weighted by Gasteiger charge is 2.15. The maximum atomic E-state index is 14.7. The van der Waals surface area contributed by atoms with Gasteiger partial charge < -0.3 is 10.1 Å². The lowest BCUT2D eigenvalue weighted by molar-refractivity contribution is 0.102. The van der Waals surface area contributed by atoms with Crippen molar-refractivity contribution < 1.29 is 13.9 Å². The van der Waals surface area contributed by atoms with E-state index < -0.39 is 5.82 Å². The summed E-state index contributed by atoms with van der Waals surface area (Å²) in [4.78, 5) is 17.3. The number of aromatic nitrogens is 3. The van der Waals surface area contributed by atoms with E-state index in [1.165, 1.54) is 6.07 Å². The van der Waals surface area contributed by atoms with Crippen molar-refractivity contribution in [3.8, 4) is 11.4 Å². The largest absolute Gasteiger partial charge is 0.497 e. The van der Waals surface area contributed by atoms with Crippen LogP contribution in [0.25, 0.3) is 16.6 Å². The number of fused-ring (bicyclic) bond motifs is 1. The minimum atomic E-state index is -0.473. The second-order valence-corrected chi connectivity index (χ2v) is 7.14. The Hall–Kier alpha value is -3.74. The number of carbonyl (C=O) groups excluding carboxylic acids is 1. The van der Waals surface area contributed by atoms with Crippen molar-refractivity contribution in [3.05, 3.63) is 77.0 Å². The Bertz CT molecular complexity index is 1280. The molecule has 0 aliphatic rings. The number of nitrogens with one attached hydrogen (secondary N) is 1. The third-order valence-corrected chi connectivity index (χ3v) is 4.90. The van der Waals surface area contributed by atoms with Gasteiger partial charge in [0, 0.05) is 22.8 Å². The van der Waals surface area contributed by atoms with Crippen LogP contribution in [0.2, 0.25) is 0 Å². The molecule has 0 aliphatic heterocycles. The number of nitrogens with zero attached hydrogens (tertiary/aromatic N) is 3. The highest BCUT2D eigenvalue weighted by molar-refractivity contribution is 6.06. The monoisotopic (exact) mass is 404 g/mol. The molecule has 30 heavy (non-hydrogen) atoms. The molecule has 7 heteroatoms. The van der Waals surface area contributed by atoms with Gasteiger partial charge in [0.15, 0.2) is 5.82 Å². The van der Waals surface area contributed by atoms with Crippen LogP contribution in [0.1, 0.15) is 27.4 Å². The van der Waals surface area contributed by atoms with Crippen molar-refractivity contribution in [2.45, 2.75) is 20.8 Å². The van der Waals surface area contributed by atoms with Gasteiger partial charge in [-0.15, -0.1) is 0 Å². The quantitative estimate of drug-likeness (QED) is 0.533. The summed E-state index contributed by atoms with van der Waals surface area (Å²) in [5.41, 5.74) is 4.07. The molecule has 2 heterocycles. The molecule has 0 bridgehead atoms. The fourth-order valence-electron chi connectivity index (χ4n) is 3.43. The van der Waals surface area contributed by atoms with Crippen LogP contribution in [0, 0.1) is 26.6 Å². The smallest absolute Gasteiger partial charge is 0.257 e. The second kappa shape index (κ2) is 7.59. The Morgan fingerprint density at radius 1 is 1.07 bits per heavy atom. The van der Waals surface area contributed by atoms with Crippen LogP contribution in [-0.4, -0.2) is 27.8 Å². The summed E-state index contributed by atoms with van der Waals surface area (Å²) < 4.78 is 21.5. The van der Waals surface area contributed by atoms with Gasteiger partial charge in [-0.1, -0.05) is 0 Å². The van der Waals surface area contributed by atoms with Gasteiger partial charge in [-0.05, 0) is 63.2 Å². The average Bonchev–Trinajstić information content (AvgIpc) is 3.04. The highest BCUT2D eigenvalue weighted by Crippen LogP contribution is 2.24. The Labute approximate surface area is 173 Å². The Kier molecular flexibility index (Phi) is 4.95. The third kappa shape index (κ3) is 3.61. The maximum absolute atomic E-state index is 14.7. The summed E-state index contributed by atoms with van der Waals surface area (Å²) in [5, 5.41) is 7.87. The molecule has 0 spiro atoms. The minimum absolute atomic E-state index is 0.330. The number of amides is 1. The van der Waals surface area contributed by atoms with E-state index in [2.05, 4.69) is 15.4 Å². The first-order chi connectivity index (χ1) is 14.4. The summed E-state index contributed by atoms with van der Waals surface area (Å²) in [6, 6.07) is 13.7. The zero-order valence-electron chi connectivity index (χ0n) is 17.2. The molecule has 4 rings (SSSR count). The van der Waals surface area contributed by atoms with Crippen molar-refractivity contribution in [1.82, 2.24) is 14.8 Å². The van der Waals surface area contributed by atoms with Crippen LogP contribution in [0.4, 0.5) is 10.1 Å². The summed E-state index contributed by atoms with van der Waals surface area (Å²) in [6.07, 6.45) is 0. The molecular formula is C23H21FN4O2. The number of ether oxygens (including phenoxy) is 1. The van der Waals surface area contributed by atoms with E-state index in [-0.39, 0.29) is 5.91 Å². The average molecular weight is 404 g/mol. The summed E-state index contributed by atoms with van der Waals surface area (Å²) in [5.74, 6) is -0.125.